The standard InChI is InChI=1S/C99H116IN6O4/c1-92(2,3)71-24-36-77(37-25-71)98(78-38-26-72(27-39-78)93(4,5)6,79-40-28-73(29-41-79)94(7,8)9)83-48-54-86(55-49-83)107-62-20-60-105-68-85(104(19)103-105)58-64-109-88-52-22-69-23-53-89(67-70(69)66-88)110-65-59-90-91(100)106(102-101-90)61-21-63-108-87-56-50-84(51-57-87)99(80-42-30-74(31-43-80)95(10,11)12,81-44-32-75(33-45-81)96(13,14)15)82-46-34-76(35-47-82)97(16,17)18/h22-57,66-68H,20-21,58-65H2,1-19H3/q+1. The topological polar surface area (TPSA) is 89.3 Å². The molecule has 10 nitrogen and oxygen atoms in total. The van der Waals surface area contributed by atoms with Gasteiger partial charge in [-0.3, -0.25) is 0 Å². The molecule has 10 aromatic carbocycles. The van der Waals surface area contributed by atoms with E-state index in [1.807, 2.05) is 33.2 Å². The molecule has 0 fully saturated rings. The van der Waals surface area contributed by atoms with Crippen LogP contribution in [0.2, 0.25) is 0 Å². The molecule has 0 atom stereocenters. The van der Waals surface area contributed by atoms with Gasteiger partial charge in [0.25, 0.3) is 0 Å². The average molecular weight is 1580 g/mol. The number of benzene rings is 10. The van der Waals surface area contributed by atoms with Gasteiger partial charge < -0.3 is 18.9 Å². The summed E-state index contributed by atoms with van der Waals surface area (Å²) in [4.78, 5) is 0. The fourth-order valence-electron chi connectivity index (χ4n) is 15.1. The van der Waals surface area contributed by atoms with Crippen LogP contribution in [-0.4, -0.2) is 51.3 Å². The van der Waals surface area contributed by atoms with Crippen molar-refractivity contribution in [2.24, 2.45) is 7.05 Å². The molecule has 12 rings (SSSR count). The highest BCUT2D eigenvalue weighted by molar-refractivity contribution is 14.1. The lowest BCUT2D eigenvalue weighted by Gasteiger charge is -2.38. The summed E-state index contributed by atoms with van der Waals surface area (Å²) in [6, 6.07) is 86.0. The zero-order chi connectivity index (χ0) is 78.6. The molecule has 0 saturated carbocycles. The van der Waals surface area contributed by atoms with Gasteiger partial charge in [-0.1, -0.05) is 312 Å². The number of ether oxygens (including phenoxy) is 4. The van der Waals surface area contributed by atoms with Crippen molar-refractivity contribution < 1.29 is 23.6 Å². The molecule has 0 radical (unpaired) electrons. The maximum atomic E-state index is 6.49. The lowest BCUT2D eigenvalue weighted by Crippen LogP contribution is -2.36. The van der Waals surface area contributed by atoms with E-state index < -0.39 is 10.8 Å². The van der Waals surface area contributed by atoms with Gasteiger partial charge in [0.15, 0.2) is 11.9 Å². The lowest BCUT2D eigenvalue weighted by atomic mass is 9.64. The van der Waals surface area contributed by atoms with Crippen LogP contribution in [0.5, 0.6) is 23.0 Å². The van der Waals surface area contributed by atoms with Crippen LogP contribution in [0.1, 0.15) is 227 Å². The average Bonchev–Trinajstić information content (AvgIpc) is 0.786. The molecule has 0 aliphatic heterocycles. The summed E-state index contributed by atoms with van der Waals surface area (Å²) in [5, 5.41) is 16.1. The van der Waals surface area contributed by atoms with E-state index in [2.05, 4.69) is 382 Å². The smallest absolute Gasteiger partial charge is 0.170 e. The van der Waals surface area contributed by atoms with Crippen molar-refractivity contribution >= 4 is 33.4 Å². The van der Waals surface area contributed by atoms with Crippen LogP contribution < -0.4 is 23.6 Å². The van der Waals surface area contributed by atoms with Crippen molar-refractivity contribution in [1.82, 2.24) is 24.9 Å². The van der Waals surface area contributed by atoms with Crippen LogP contribution in [0, 0.1) is 3.70 Å². The SMILES string of the molecule is C[n+]1nn(CCCOc2ccc(C(c3ccc(C(C)(C)C)cc3)(c3ccc(C(C)(C)C)cc3)c3ccc(C(C)(C)C)cc3)cc2)cc1CCOc1ccc2ccc(OCCc3nnn(CCCOc4ccc(C(c5ccc(C(C)(C)C)cc5)(c5ccc(C(C)(C)C)cc5)c5ccc(C(C)(C)C)cc5)cc4)c3I)cc2c1. The molecule has 0 aliphatic carbocycles. The van der Waals surface area contributed by atoms with Gasteiger partial charge in [0, 0.05) is 32.2 Å². The van der Waals surface area contributed by atoms with E-state index in [0.29, 0.717) is 45.8 Å². The molecule has 2 heterocycles. The van der Waals surface area contributed by atoms with Gasteiger partial charge in [-0.15, -0.1) is 14.5 Å². The summed E-state index contributed by atoms with van der Waals surface area (Å²) >= 11 is 2.36. The van der Waals surface area contributed by atoms with E-state index in [-0.39, 0.29) is 32.5 Å². The summed E-state index contributed by atoms with van der Waals surface area (Å²) in [5.74, 6) is 3.27. The highest BCUT2D eigenvalue weighted by atomic mass is 127. The molecular weight excluding hydrogens is 1460 g/mol. The van der Waals surface area contributed by atoms with E-state index in [9.17, 15) is 0 Å². The minimum absolute atomic E-state index is 0.0230. The fourth-order valence-corrected chi connectivity index (χ4v) is 15.9. The van der Waals surface area contributed by atoms with Gasteiger partial charge in [-0.05, 0) is 192 Å². The molecule has 11 heteroatoms. The first-order valence-electron chi connectivity index (χ1n) is 39.5. The Morgan fingerprint density at radius 3 is 0.909 bits per heavy atom. The van der Waals surface area contributed by atoms with E-state index in [1.165, 1.54) is 77.9 Å². The van der Waals surface area contributed by atoms with Crippen molar-refractivity contribution in [3.05, 3.63) is 330 Å². The zero-order valence-electron chi connectivity index (χ0n) is 68.8. The van der Waals surface area contributed by atoms with Gasteiger partial charge in [0.05, 0.1) is 48.2 Å². The monoisotopic (exact) mass is 1580 g/mol. The maximum absolute atomic E-state index is 6.49. The Balaban J connectivity index is 0.628. The molecule has 110 heavy (non-hydrogen) atoms. The highest BCUT2D eigenvalue weighted by Crippen LogP contribution is 2.49. The summed E-state index contributed by atoms with van der Waals surface area (Å²) in [6.07, 6.45) is 5.01. The number of hydrogen-bond donors (Lipinski definition) is 0. The largest absolute Gasteiger partial charge is 0.494 e. The highest BCUT2D eigenvalue weighted by Gasteiger charge is 2.41. The molecule has 0 aliphatic rings. The second-order valence-electron chi connectivity index (χ2n) is 36.2. The summed E-state index contributed by atoms with van der Waals surface area (Å²) < 4.78 is 32.7. The Kier molecular flexibility index (Phi) is 23.7. The van der Waals surface area contributed by atoms with E-state index >= 15 is 0 Å². The second-order valence-corrected chi connectivity index (χ2v) is 37.3. The van der Waals surface area contributed by atoms with Crippen LogP contribution in [0.4, 0.5) is 0 Å². The molecule has 0 bridgehead atoms. The second kappa shape index (κ2) is 32.5. The molecule has 0 unspecified atom stereocenters. The number of fused-ring (bicyclic) bond motifs is 1. The predicted molar refractivity (Wildman–Crippen MR) is 460 cm³/mol. The fraction of sp³-hybridized carbons (Fsp3) is 0.374. The summed E-state index contributed by atoms with van der Waals surface area (Å²) in [6.45, 7) is 44.5. The van der Waals surface area contributed by atoms with E-state index in [1.54, 1.807) is 0 Å². The van der Waals surface area contributed by atoms with Crippen molar-refractivity contribution in [2.45, 2.75) is 207 Å². The molecule has 0 spiro atoms. The molecule has 2 aromatic heterocycles. The van der Waals surface area contributed by atoms with Crippen molar-refractivity contribution in [1.29, 1.82) is 0 Å². The van der Waals surface area contributed by atoms with Gasteiger partial charge in [-0.25, -0.2) is 4.68 Å². The van der Waals surface area contributed by atoms with E-state index in [4.69, 9.17) is 24.2 Å². The maximum Gasteiger partial charge on any atom is 0.170 e. The van der Waals surface area contributed by atoms with Gasteiger partial charge >= 0.3 is 0 Å². The Bertz CT molecular complexity index is 4710. The third kappa shape index (κ3) is 18.2. The molecule has 0 N–H and O–H groups in total. The third-order valence-corrected chi connectivity index (χ3v) is 23.2. The first-order valence-corrected chi connectivity index (χ1v) is 40.6. The summed E-state index contributed by atoms with van der Waals surface area (Å²) in [7, 11) is 2.00. The van der Waals surface area contributed by atoms with Gasteiger partial charge in [-0.2, -0.15) is 0 Å². The number of nitrogens with zero attached hydrogens (tertiary/aromatic N) is 6. The Labute approximate surface area is 670 Å². The Morgan fingerprint density at radius 2 is 0.591 bits per heavy atom. The minimum atomic E-state index is -0.598. The lowest BCUT2D eigenvalue weighted by molar-refractivity contribution is -0.739. The van der Waals surface area contributed by atoms with Crippen LogP contribution in [0.15, 0.2) is 237 Å². The molecule has 0 amide bonds. The molecular formula is C99H116IN6O4+. The quantitative estimate of drug-likeness (QED) is 0.0231. The van der Waals surface area contributed by atoms with Crippen molar-refractivity contribution in [2.75, 3.05) is 26.4 Å². The van der Waals surface area contributed by atoms with E-state index in [0.717, 1.165) is 68.2 Å². The van der Waals surface area contributed by atoms with Crippen LogP contribution in [0.3, 0.4) is 0 Å². The van der Waals surface area contributed by atoms with Crippen molar-refractivity contribution in [3.63, 3.8) is 0 Å². The first-order chi connectivity index (χ1) is 52.1. The summed E-state index contributed by atoms with van der Waals surface area (Å²) in [5.41, 5.74) is 18.5. The molecule has 572 valence electrons. The van der Waals surface area contributed by atoms with Crippen LogP contribution in [0.25, 0.3) is 10.8 Å². The van der Waals surface area contributed by atoms with Crippen molar-refractivity contribution in [3.8, 4) is 23.0 Å². The molecule has 12 aromatic rings. The van der Waals surface area contributed by atoms with Crippen LogP contribution in [-0.2, 0) is 76.3 Å². The number of rotatable bonds is 26. The number of aromatic nitrogens is 6. The number of halogens is 1. The predicted octanol–water partition coefficient (Wildman–Crippen LogP) is 22.8. The number of hydrogen-bond acceptors (Lipinski definition) is 7. The first kappa shape index (κ1) is 80.2. The van der Waals surface area contributed by atoms with Gasteiger partial charge in [0.1, 0.15) is 40.3 Å². The normalized spacial score (nSPS) is 12.7. The third-order valence-electron chi connectivity index (χ3n) is 22.0. The van der Waals surface area contributed by atoms with Gasteiger partial charge in [0.2, 0.25) is 0 Å². The Hall–Kier alpha value is -9.33. The Morgan fingerprint density at radius 1 is 0.318 bits per heavy atom. The molecule has 0 saturated heterocycles. The number of aryl methyl sites for hydroxylation is 3. The zero-order valence-corrected chi connectivity index (χ0v) is 70.9. The van der Waals surface area contributed by atoms with Crippen LogP contribution >= 0.6 is 22.6 Å². The minimum Gasteiger partial charge on any atom is -0.494 e.